The predicted octanol–water partition coefficient (Wildman–Crippen LogP) is 2.97. The maximum absolute atomic E-state index is 12.7. The number of hydrogen-bond donors (Lipinski definition) is 0. The molecule has 0 saturated heterocycles. The van der Waals surface area contributed by atoms with Crippen LogP contribution in [0.15, 0.2) is 12.2 Å². The molecule has 0 N–H and O–H groups in total. The van der Waals surface area contributed by atoms with E-state index in [4.69, 9.17) is 9.47 Å². The van der Waals surface area contributed by atoms with E-state index in [1.54, 1.807) is 13.8 Å². The lowest BCUT2D eigenvalue weighted by molar-refractivity contribution is -0.170. The Balaban J connectivity index is 1.43. The molecule has 3 fully saturated rings. The van der Waals surface area contributed by atoms with Gasteiger partial charge in [-0.25, -0.2) is 4.79 Å². The molecule has 0 aromatic carbocycles. The van der Waals surface area contributed by atoms with E-state index in [1.165, 1.54) is 6.42 Å². The Bertz CT molecular complexity index is 566. The van der Waals surface area contributed by atoms with Crippen molar-refractivity contribution in [3.8, 4) is 0 Å². The molecule has 0 aromatic rings. The van der Waals surface area contributed by atoms with E-state index in [1.807, 2.05) is 0 Å². The van der Waals surface area contributed by atoms with Gasteiger partial charge in [0, 0.05) is 0 Å². The van der Waals surface area contributed by atoms with Crippen LogP contribution in [0.25, 0.3) is 0 Å². The van der Waals surface area contributed by atoms with Crippen molar-refractivity contribution in [3.05, 3.63) is 12.2 Å². The standard InChI is InChI=1S/C19H26O4/c1-10(2)23-15(20)9-22-18(21)19(3)8-13-7-14(19)17-12-5-4-11(6-12)16(13)17/h4-5,10-14,16-17H,6-9H2,1-3H3. The predicted molar refractivity (Wildman–Crippen MR) is 84.2 cm³/mol. The Morgan fingerprint density at radius 1 is 1.17 bits per heavy atom. The second-order valence-corrected chi connectivity index (χ2v) is 8.44. The van der Waals surface area contributed by atoms with Gasteiger partial charge in [-0.1, -0.05) is 12.2 Å². The summed E-state index contributed by atoms with van der Waals surface area (Å²) in [6.45, 7) is 5.38. The second kappa shape index (κ2) is 5.09. The Kier molecular flexibility index (Phi) is 3.37. The van der Waals surface area contributed by atoms with E-state index in [0.717, 1.165) is 24.7 Å². The molecule has 0 aliphatic heterocycles. The highest BCUT2D eigenvalue weighted by atomic mass is 16.6. The molecule has 4 aliphatic rings. The number of ether oxygens (including phenoxy) is 2. The molecule has 4 nitrogen and oxygen atoms in total. The van der Waals surface area contributed by atoms with Crippen molar-refractivity contribution in [2.45, 2.75) is 46.1 Å². The van der Waals surface area contributed by atoms with Crippen LogP contribution in [0.4, 0.5) is 0 Å². The molecule has 7 unspecified atom stereocenters. The van der Waals surface area contributed by atoms with E-state index < -0.39 is 11.4 Å². The van der Waals surface area contributed by atoms with Crippen molar-refractivity contribution in [2.75, 3.05) is 6.61 Å². The van der Waals surface area contributed by atoms with Crippen LogP contribution in [0, 0.1) is 40.9 Å². The lowest BCUT2D eigenvalue weighted by atomic mass is 9.63. The van der Waals surface area contributed by atoms with Crippen molar-refractivity contribution in [3.63, 3.8) is 0 Å². The number of carbonyl (C=O) groups is 2. The van der Waals surface area contributed by atoms with E-state index in [2.05, 4.69) is 19.1 Å². The van der Waals surface area contributed by atoms with Crippen molar-refractivity contribution < 1.29 is 19.1 Å². The number of carbonyl (C=O) groups excluding carboxylic acids is 2. The molecule has 23 heavy (non-hydrogen) atoms. The lowest BCUT2D eigenvalue weighted by Gasteiger charge is -2.41. The summed E-state index contributed by atoms with van der Waals surface area (Å²) in [5.41, 5.74) is -0.414. The quantitative estimate of drug-likeness (QED) is 0.454. The van der Waals surface area contributed by atoms with Crippen LogP contribution >= 0.6 is 0 Å². The molecule has 0 amide bonds. The molecule has 4 heteroatoms. The smallest absolute Gasteiger partial charge is 0.344 e. The van der Waals surface area contributed by atoms with Crippen molar-refractivity contribution in [2.24, 2.45) is 40.9 Å². The molecule has 126 valence electrons. The van der Waals surface area contributed by atoms with Gasteiger partial charge in [-0.15, -0.1) is 0 Å². The van der Waals surface area contributed by atoms with E-state index >= 15 is 0 Å². The largest absolute Gasteiger partial charge is 0.460 e. The fraction of sp³-hybridized carbons (Fsp3) is 0.789. The molecule has 7 atom stereocenters. The van der Waals surface area contributed by atoms with Gasteiger partial charge >= 0.3 is 11.9 Å². The zero-order chi connectivity index (χ0) is 16.4. The first-order chi connectivity index (χ1) is 10.9. The number of allylic oxidation sites excluding steroid dienone is 2. The fourth-order valence-electron chi connectivity index (χ4n) is 6.19. The van der Waals surface area contributed by atoms with Crippen molar-refractivity contribution >= 4 is 11.9 Å². The third kappa shape index (κ3) is 2.17. The Morgan fingerprint density at radius 2 is 1.87 bits per heavy atom. The van der Waals surface area contributed by atoms with Gasteiger partial charge in [-0.3, -0.25) is 4.79 Å². The average Bonchev–Trinajstić information content (AvgIpc) is 3.21. The molecule has 4 rings (SSSR count). The number of esters is 2. The first-order valence-corrected chi connectivity index (χ1v) is 8.95. The molecular weight excluding hydrogens is 292 g/mol. The van der Waals surface area contributed by atoms with Crippen LogP contribution in [0.1, 0.15) is 40.0 Å². The minimum absolute atomic E-state index is 0.180. The van der Waals surface area contributed by atoms with Gasteiger partial charge in [0.2, 0.25) is 0 Å². The lowest BCUT2D eigenvalue weighted by Crippen LogP contribution is -2.43. The maximum Gasteiger partial charge on any atom is 0.344 e. The molecular formula is C19H26O4. The zero-order valence-electron chi connectivity index (χ0n) is 14.2. The summed E-state index contributed by atoms with van der Waals surface area (Å²) in [5.74, 6) is 3.29. The third-order valence-electron chi connectivity index (χ3n) is 6.81. The Labute approximate surface area is 137 Å². The van der Waals surface area contributed by atoms with Gasteiger partial charge in [-0.2, -0.15) is 0 Å². The monoisotopic (exact) mass is 318 g/mol. The van der Waals surface area contributed by atoms with Crippen molar-refractivity contribution in [1.29, 1.82) is 0 Å². The summed E-state index contributed by atoms with van der Waals surface area (Å²) in [6, 6.07) is 0. The molecule has 4 aliphatic carbocycles. The first kappa shape index (κ1) is 15.2. The van der Waals surface area contributed by atoms with E-state index in [-0.39, 0.29) is 18.7 Å². The number of rotatable bonds is 4. The second-order valence-electron chi connectivity index (χ2n) is 8.44. The van der Waals surface area contributed by atoms with Gasteiger partial charge in [0.05, 0.1) is 11.5 Å². The summed E-state index contributed by atoms with van der Waals surface area (Å²) >= 11 is 0. The summed E-state index contributed by atoms with van der Waals surface area (Å²) in [7, 11) is 0. The van der Waals surface area contributed by atoms with Crippen LogP contribution in [-0.2, 0) is 19.1 Å². The highest BCUT2D eigenvalue weighted by Gasteiger charge is 2.67. The Hall–Kier alpha value is -1.32. The van der Waals surface area contributed by atoms with Crippen molar-refractivity contribution in [1.82, 2.24) is 0 Å². The molecule has 4 bridgehead atoms. The zero-order valence-corrected chi connectivity index (χ0v) is 14.2. The van der Waals surface area contributed by atoms with Gasteiger partial charge in [0.15, 0.2) is 6.61 Å². The SMILES string of the molecule is CC(C)OC(=O)COC(=O)C1(C)CC2CC1C1C3C=CC(C3)C21. The van der Waals surface area contributed by atoms with Crippen LogP contribution in [0.3, 0.4) is 0 Å². The van der Waals surface area contributed by atoms with Gasteiger partial charge in [-0.05, 0) is 75.5 Å². The summed E-state index contributed by atoms with van der Waals surface area (Å²) < 4.78 is 10.4. The van der Waals surface area contributed by atoms with Crippen LogP contribution in [0.5, 0.6) is 0 Å². The third-order valence-corrected chi connectivity index (χ3v) is 6.81. The summed E-state index contributed by atoms with van der Waals surface area (Å²) in [4.78, 5) is 24.3. The van der Waals surface area contributed by atoms with Crippen LogP contribution < -0.4 is 0 Å². The van der Waals surface area contributed by atoms with E-state index in [9.17, 15) is 9.59 Å². The minimum Gasteiger partial charge on any atom is -0.460 e. The normalized spacial score (nSPS) is 45.6. The fourth-order valence-corrected chi connectivity index (χ4v) is 6.19. The number of fused-ring (bicyclic) bond motifs is 9. The maximum atomic E-state index is 12.7. The molecule has 0 spiro atoms. The van der Waals surface area contributed by atoms with Crippen LogP contribution in [-0.4, -0.2) is 24.6 Å². The van der Waals surface area contributed by atoms with Crippen LogP contribution in [0.2, 0.25) is 0 Å². The molecule has 3 saturated carbocycles. The number of hydrogen-bond acceptors (Lipinski definition) is 4. The summed E-state index contributed by atoms with van der Waals surface area (Å²) in [5, 5.41) is 0. The Morgan fingerprint density at radius 3 is 2.57 bits per heavy atom. The summed E-state index contributed by atoms with van der Waals surface area (Å²) in [6.07, 6.45) is 7.97. The molecule has 0 heterocycles. The van der Waals surface area contributed by atoms with Gasteiger partial charge in [0.25, 0.3) is 0 Å². The topological polar surface area (TPSA) is 52.6 Å². The highest BCUT2D eigenvalue weighted by molar-refractivity contribution is 5.81. The molecule has 0 aromatic heterocycles. The van der Waals surface area contributed by atoms with Gasteiger partial charge in [0.1, 0.15) is 0 Å². The highest BCUT2D eigenvalue weighted by Crippen LogP contribution is 2.70. The minimum atomic E-state index is -0.458. The van der Waals surface area contributed by atoms with E-state index in [0.29, 0.717) is 23.7 Å². The van der Waals surface area contributed by atoms with Gasteiger partial charge < -0.3 is 9.47 Å². The first-order valence-electron chi connectivity index (χ1n) is 8.95. The average molecular weight is 318 g/mol. The molecule has 0 radical (unpaired) electrons.